The molecule has 4 N–H and O–H groups in total. The van der Waals surface area contributed by atoms with E-state index >= 15 is 0 Å². The molecule has 0 bridgehead atoms. The summed E-state index contributed by atoms with van der Waals surface area (Å²) in [4.78, 5) is 34.8. The zero-order valence-electron chi connectivity index (χ0n) is 33.0. The van der Waals surface area contributed by atoms with Crippen molar-refractivity contribution in [1.82, 2.24) is 0 Å². The Hall–Kier alpha value is -2.11. The molecule has 308 valence electrons. The minimum atomic E-state index is -4.63. The molecule has 0 amide bonds. The molecule has 12 heteroatoms. The maximum Gasteiger partial charge on any atom is 0.472 e. The van der Waals surface area contributed by atoms with Crippen molar-refractivity contribution in [2.75, 3.05) is 26.4 Å². The molecule has 2 unspecified atom stereocenters. The van der Waals surface area contributed by atoms with Gasteiger partial charge in [-0.15, -0.1) is 0 Å². The lowest BCUT2D eigenvalue weighted by Gasteiger charge is -2.20. The summed E-state index contributed by atoms with van der Waals surface area (Å²) in [5.41, 5.74) is 0. The van der Waals surface area contributed by atoms with E-state index in [1.54, 1.807) is 0 Å². The van der Waals surface area contributed by atoms with Gasteiger partial charge in [-0.25, -0.2) is 4.57 Å². The fourth-order valence-electron chi connectivity index (χ4n) is 5.00. The van der Waals surface area contributed by atoms with Gasteiger partial charge in [0.1, 0.15) is 12.7 Å². The third kappa shape index (κ3) is 35.4. The molecule has 0 aromatic carbocycles. The lowest BCUT2D eigenvalue weighted by molar-refractivity contribution is -0.161. The third-order valence-corrected chi connectivity index (χ3v) is 9.64. The van der Waals surface area contributed by atoms with Crippen molar-refractivity contribution >= 4 is 19.8 Å². The smallest absolute Gasteiger partial charge is 0.462 e. The van der Waals surface area contributed by atoms with E-state index in [9.17, 15) is 29.3 Å². The molecule has 0 saturated carbocycles. The predicted octanol–water partition coefficient (Wildman–Crippen LogP) is 8.99. The topological polar surface area (TPSA) is 169 Å². The van der Waals surface area contributed by atoms with E-state index in [0.717, 1.165) is 63.7 Å². The number of aliphatic hydroxyl groups excluding tert-OH is 3. The molecule has 0 rings (SSSR count). The average molecular weight is 773 g/mol. The summed E-state index contributed by atoms with van der Waals surface area (Å²) in [7, 11) is -4.63. The Balaban J connectivity index is 4.45. The lowest BCUT2D eigenvalue weighted by atomic mass is 9.99. The van der Waals surface area contributed by atoms with Crippen molar-refractivity contribution in [3.8, 4) is 0 Å². The first-order valence-corrected chi connectivity index (χ1v) is 21.6. The summed E-state index contributed by atoms with van der Waals surface area (Å²) in [6.07, 6.45) is 31.8. The number of carbonyl (C=O) groups excluding carboxylic acids is 2. The van der Waals surface area contributed by atoms with Gasteiger partial charge < -0.3 is 29.7 Å². The number of esters is 2. The van der Waals surface area contributed by atoms with Gasteiger partial charge in [0.05, 0.1) is 25.9 Å². The van der Waals surface area contributed by atoms with Gasteiger partial charge in [0, 0.05) is 12.8 Å². The van der Waals surface area contributed by atoms with Gasteiger partial charge in [0.15, 0.2) is 6.10 Å². The molecule has 0 spiro atoms. The molecule has 0 aromatic heterocycles. The molecular weight excluding hydrogens is 699 g/mol. The molecule has 0 saturated heterocycles. The van der Waals surface area contributed by atoms with Crippen LogP contribution in [0.5, 0.6) is 0 Å². The van der Waals surface area contributed by atoms with Crippen LogP contribution in [-0.2, 0) is 32.7 Å². The Morgan fingerprint density at radius 3 is 1.74 bits per heavy atom. The van der Waals surface area contributed by atoms with Gasteiger partial charge in [-0.05, 0) is 63.7 Å². The van der Waals surface area contributed by atoms with Crippen LogP contribution in [0.1, 0.15) is 149 Å². The first-order valence-electron chi connectivity index (χ1n) is 20.1. The van der Waals surface area contributed by atoms with Gasteiger partial charge in [-0.2, -0.15) is 0 Å². The van der Waals surface area contributed by atoms with Gasteiger partial charge in [-0.3, -0.25) is 18.6 Å². The van der Waals surface area contributed by atoms with Gasteiger partial charge in [0.25, 0.3) is 0 Å². The van der Waals surface area contributed by atoms with E-state index in [2.05, 4.69) is 54.8 Å². The predicted molar refractivity (Wildman–Crippen MR) is 211 cm³/mol. The van der Waals surface area contributed by atoms with E-state index in [1.807, 2.05) is 19.1 Å². The number of hydrogen-bond acceptors (Lipinski definition) is 10. The second-order valence-corrected chi connectivity index (χ2v) is 15.1. The van der Waals surface area contributed by atoms with Crippen LogP contribution < -0.4 is 0 Å². The number of aliphatic hydroxyl groups is 3. The molecule has 0 heterocycles. The Labute approximate surface area is 320 Å². The molecular formula is C41H73O11P. The van der Waals surface area contributed by atoms with Crippen molar-refractivity contribution in [1.29, 1.82) is 0 Å². The average Bonchev–Trinajstić information content (AvgIpc) is 3.15. The van der Waals surface area contributed by atoms with E-state index in [4.69, 9.17) is 19.1 Å². The zero-order valence-corrected chi connectivity index (χ0v) is 33.9. The Morgan fingerprint density at radius 1 is 0.623 bits per heavy atom. The van der Waals surface area contributed by atoms with Crippen molar-refractivity contribution in [2.24, 2.45) is 5.92 Å². The highest BCUT2D eigenvalue weighted by molar-refractivity contribution is 7.47. The summed E-state index contributed by atoms with van der Waals surface area (Å²) < 4.78 is 32.5. The van der Waals surface area contributed by atoms with Crippen LogP contribution in [0, 0.1) is 5.92 Å². The maximum absolute atomic E-state index is 12.6. The third-order valence-electron chi connectivity index (χ3n) is 8.69. The van der Waals surface area contributed by atoms with E-state index in [-0.39, 0.29) is 25.6 Å². The highest BCUT2D eigenvalue weighted by Gasteiger charge is 2.27. The molecule has 0 aliphatic rings. The van der Waals surface area contributed by atoms with Crippen molar-refractivity contribution in [3.05, 3.63) is 48.6 Å². The number of unbranched alkanes of at least 4 members (excludes halogenated alkanes) is 8. The molecule has 0 aromatic rings. The van der Waals surface area contributed by atoms with Crippen LogP contribution in [0.4, 0.5) is 0 Å². The molecule has 0 aliphatic heterocycles. The molecule has 5 atom stereocenters. The standard InChI is InChI=1S/C41H73O11P/c1-4-36(3)28-24-20-16-14-15-19-23-27-31-41(46)52-39(35-51-53(47,48)50-33-38(44)32-42)34-49-40(45)30-26-22-18-13-11-9-7-6-8-10-12-17-21-25-29-37(43)5-2/h7-10,13,17-18,21,36-39,42-44H,4-6,11-12,14-16,19-20,22-35H2,1-3H3,(H,47,48)/b9-7-,10-8-,18-13-,21-17-/t36?,37-,38-,39+/m0/s1. The molecule has 11 nitrogen and oxygen atoms in total. The first kappa shape index (κ1) is 50.9. The maximum atomic E-state index is 12.6. The minimum Gasteiger partial charge on any atom is -0.462 e. The summed E-state index contributed by atoms with van der Waals surface area (Å²) in [5, 5.41) is 27.8. The Bertz CT molecular complexity index is 1060. The van der Waals surface area contributed by atoms with Gasteiger partial charge >= 0.3 is 19.8 Å². The second kappa shape index (κ2) is 35.6. The number of phosphoric ester groups is 1. The van der Waals surface area contributed by atoms with E-state index in [0.29, 0.717) is 19.3 Å². The van der Waals surface area contributed by atoms with E-state index in [1.165, 1.54) is 38.5 Å². The van der Waals surface area contributed by atoms with Crippen molar-refractivity contribution in [2.45, 2.75) is 167 Å². The fourth-order valence-corrected chi connectivity index (χ4v) is 5.79. The first-order chi connectivity index (χ1) is 25.5. The van der Waals surface area contributed by atoms with Crippen LogP contribution >= 0.6 is 7.82 Å². The SMILES string of the molecule is CCC(C)CCCCCCCCCCC(=O)O[C@H](COC(=O)CCC/C=C\C/C=C\C/C=C\C/C=C\CC[C@@H](O)CC)COP(=O)(O)OC[C@@H](O)CO. The number of rotatable bonds is 36. The highest BCUT2D eigenvalue weighted by Crippen LogP contribution is 2.43. The minimum absolute atomic E-state index is 0.151. The Kier molecular flexibility index (Phi) is 34.2. The second-order valence-electron chi connectivity index (χ2n) is 13.7. The fraction of sp³-hybridized carbons (Fsp3) is 0.756. The van der Waals surface area contributed by atoms with Crippen molar-refractivity contribution < 1.29 is 52.9 Å². The number of phosphoric acid groups is 1. The summed E-state index contributed by atoms with van der Waals surface area (Å²) in [6, 6.07) is 0. The lowest BCUT2D eigenvalue weighted by Crippen LogP contribution is -2.29. The van der Waals surface area contributed by atoms with Gasteiger partial charge in [-0.1, -0.05) is 127 Å². The Morgan fingerprint density at radius 2 is 1.15 bits per heavy atom. The van der Waals surface area contributed by atoms with E-state index < -0.39 is 51.8 Å². The number of allylic oxidation sites excluding steroid dienone is 8. The summed E-state index contributed by atoms with van der Waals surface area (Å²) in [6.45, 7) is 4.31. The van der Waals surface area contributed by atoms with Gasteiger partial charge in [0.2, 0.25) is 0 Å². The normalized spacial score (nSPS) is 15.7. The number of carbonyl (C=O) groups is 2. The quantitative estimate of drug-likeness (QED) is 0.0208. The van der Waals surface area contributed by atoms with Crippen LogP contribution in [-0.4, -0.2) is 76.9 Å². The van der Waals surface area contributed by atoms with Crippen molar-refractivity contribution in [3.63, 3.8) is 0 Å². The zero-order chi connectivity index (χ0) is 39.4. The summed E-state index contributed by atoms with van der Waals surface area (Å²) >= 11 is 0. The molecule has 0 radical (unpaired) electrons. The monoisotopic (exact) mass is 772 g/mol. The van der Waals surface area contributed by atoms with Crippen LogP contribution in [0.15, 0.2) is 48.6 Å². The van der Waals surface area contributed by atoms with Crippen LogP contribution in [0.2, 0.25) is 0 Å². The summed E-state index contributed by atoms with van der Waals surface area (Å²) in [5.74, 6) is -0.214. The largest absolute Gasteiger partial charge is 0.472 e. The molecule has 0 fully saturated rings. The van der Waals surface area contributed by atoms with Crippen LogP contribution in [0.25, 0.3) is 0 Å². The number of hydrogen-bond donors (Lipinski definition) is 4. The molecule has 0 aliphatic carbocycles. The number of ether oxygens (including phenoxy) is 2. The highest BCUT2D eigenvalue weighted by atomic mass is 31.2. The van der Waals surface area contributed by atoms with Crippen LogP contribution in [0.3, 0.4) is 0 Å². The molecule has 53 heavy (non-hydrogen) atoms.